The Kier molecular flexibility index (Phi) is 4.57. The van der Waals surface area contributed by atoms with E-state index in [1.54, 1.807) is 12.1 Å². The molecular weight excluding hydrogens is 324 g/mol. The van der Waals surface area contributed by atoms with Crippen molar-refractivity contribution in [1.82, 2.24) is 5.32 Å². The van der Waals surface area contributed by atoms with Gasteiger partial charge in [-0.25, -0.2) is 8.42 Å². The molecule has 0 atom stereocenters. The molecule has 1 aliphatic heterocycles. The molecule has 2 aromatic rings. The molecule has 0 unspecified atom stereocenters. The summed E-state index contributed by atoms with van der Waals surface area (Å²) in [4.78, 5) is 12.1. The number of hydrogen-bond acceptors (Lipinski definition) is 3. The number of para-hydroxylation sites is 1. The fourth-order valence-electron chi connectivity index (χ4n) is 2.94. The van der Waals surface area contributed by atoms with Crippen LogP contribution in [0.3, 0.4) is 0 Å². The summed E-state index contributed by atoms with van der Waals surface area (Å²) in [5, 5.41) is 2.69. The van der Waals surface area contributed by atoms with Crippen molar-refractivity contribution >= 4 is 21.6 Å². The number of fused-ring (bicyclic) bond motifs is 1. The first kappa shape index (κ1) is 16.5. The molecule has 0 saturated carbocycles. The van der Waals surface area contributed by atoms with Crippen molar-refractivity contribution in [3.05, 3.63) is 59.7 Å². The summed E-state index contributed by atoms with van der Waals surface area (Å²) in [5.41, 5.74) is 2.11. The van der Waals surface area contributed by atoms with E-state index in [0.717, 1.165) is 24.1 Å². The van der Waals surface area contributed by atoms with E-state index in [2.05, 4.69) is 5.32 Å². The Balaban J connectivity index is 2.00. The summed E-state index contributed by atoms with van der Waals surface area (Å²) in [6.45, 7) is 2.77. The van der Waals surface area contributed by atoms with Crippen molar-refractivity contribution in [2.75, 3.05) is 17.4 Å². The molecule has 126 valence electrons. The second-order valence-corrected chi connectivity index (χ2v) is 7.56. The van der Waals surface area contributed by atoms with Crippen LogP contribution in [0.4, 0.5) is 5.69 Å². The molecule has 0 fully saturated rings. The van der Waals surface area contributed by atoms with Gasteiger partial charge in [0.2, 0.25) is 0 Å². The maximum absolute atomic E-state index is 13.1. The fourth-order valence-corrected chi connectivity index (χ4v) is 4.52. The highest BCUT2D eigenvalue weighted by Gasteiger charge is 2.29. The van der Waals surface area contributed by atoms with Crippen LogP contribution in [0.1, 0.15) is 29.3 Å². The topological polar surface area (TPSA) is 66.5 Å². The Bertz CT molecular complexity index is 862. The number of nitrogens with zero attached hydrogens (tertiary/aromatic N) is 1. The smallest absolute Gasteiger partial charge is 0.264 e. The van der Waals surface area contributed by atoms with Gasteiger partial charge < -0.3 is 5.32 Å². The number of rotatable bonds is 4. The van der Waals surface area contributed by atoms with Gasteiger partial charge in [-0.15, -0.1) is 0 Å². The lowest BCUT2D eigenvalue weighted by Crippen LogP contribution is -2.35. The Hall–Kier alpha value is -2.34. The predicted molar refractivity (Wildman–Crippen MR) is 93.7 cm³/mol. The Morgan fingerprint density at radius 3 is 2.75 bits per heavy atom. The van der Waals surface area contributed by atoms with E-state index in [4.69, 9.17) is 0 Å². The highest BCUT2D eigenvalue weighted by atomic mass is 32.2. The third-order valence-corrected chi connectivity index (χ3v) is 5.90. The SMILES string of the molecule is CCNC(=O)c1cccc(S(=O)(=O)N2CCCc3ccccc32)c1. The van der Waals surface area contributed by atoms with Gasteiger partial charge in [-0.1, -0.05) is 24.3 Å². The molecule has 3 rings (SSSR count). The van der Waals surface area contributed by atoms with Crippen LogP contribution in [0.2, 0.25) is 0 Å². The maximum atomic E-state index is 13.1. The van der Waals surface area contributed by atoms with Gasteiger partial charge in [-0.05, 0) is 49.6 Å². The van der Waals surface area contributed by atoms with E-state index >= 15 is 0 Å². The molecule has 0 radical (unpaired) electrons. The van der Waals surface area contributed by atoms with Crippen LogP contribution in [0.25, 0.3) is 0 Å². The van der Waals surface area contributed by atoms with Gasteiger partial charge in [0.15, 0.2) is 0 Å². The number of benzene rings is 2. The lowest BCUT2D eigenvalue weighted by Gasteiger charge is -2.30. The van der Waals surface area contributed by atoms with E-state index in [9.17, 15) is 13.2 Å². The third-order valence-electron chi connectivity index (χ3n) is 4.09. The van der Waals surface area contributed by atoms with Crippen LogP contribution >= 0.6 is 0 Å². The molecule has 1 N–H and O–H groups in total. The van der Waals surface area contributed by atoms with E-state index in [1.807, 2.05) is 31.2 Å². The zero-order chi connectivity index (χ0) is 17.2. The van der Waals surface area contributed by atoms with Gasteiger partial charge in [-0.2, -0.15) is 0 Å². The van der Waals surface area contributed by atoms with Crippen molar-refractivity contribution in [1.29, 1.82) is 0 Å². The van der Waals surface area contributed by atoms with Crippen molar-refractivity contribution in [2.45, 2.75) is 24.7 Å². The van der Waals surface area contributed by atoms with Crippen molar-refractivity contribution in [3.8, 4) is 0 Å². The lowest BCUT2D eigenvalue weighted by molar-refractivity contribution is 0.0955. The van der Waals surface area contributed by atoms with Crippen LogP contribution < -0.4 is 9.62 Å². The van der Waals surface area contributed by atoms with E-state index in [1.165, 1.54) is 16.4 Å². The number of nitrogens with one attached hydrogen (secondary N) is 1. The molecule has 1 amide bonds. The Morgan fingerprint density at radius 1 is 1.17 bits per heavy atom. The fraction of sp³-hybridized carbons (Fsp3) is 0.278. The number of carbonyl (C=O) groups is 1. The summed E-state index contributed by atoms with van der Waals surface area (Å²) in [7, 11) is -3.69. The van der Waals surface area contributed by atoms with Gasteiger partial charge in [0.25, 0.3) is 15.9 Å². The highest BCUT2D eigenvalue weighted by Crippen LogP contribution is 2.31. The van der Waals surface area contributed by atoms with Gasteiger partial charge in [0, 0.05) is 18.7 Å². The molecule has 0 aromatic heterocycles. The second kappa shape index (κ2) is 6.65. The number of aryl methyl sites for hydroxylation is 1. The normalized spacial score (nSPS) is 14.1. The third kappa shape index (κ3) is 3.01. The highest BCUT2D eigenvalue weighted by molar-refractivity contribution is 7.92. The standard InChI is InChI=1S/C18H20N2O3S/c1-2-19-18(21)15-8-5-10-16(13-15)24(22,23)20-12-6-9-14-7-3-4-11-17(14)20/h3-5,7-8,10-11,13H,2,6,9,12H2,1H3,(H,19,21). The average Bonchev–Trinajstić information content (AvgIpc) is 2.61. The quantitative estimate of drug-likeness (QED) is 0.927. The minimum atomic E-state index is -3.69. The van der Waals surface area contributed by atoms with Gasteiger partial charge in [-0.3, -0.25) is 9.10 Å². The van der Waals surface area contributed by atoms with Crippen LogP contribution in [-0.4, -0.2) is 27.4 Å². The van der Waals surface area contributed by atoms with Gasteiger partial charge in [0.1, 0.15) is 0 Å². The van der Waals surface area contributed by atoms with Gasteiger partial charge >= 0.3 is 0 Å². The average molecular weight is 344 g/mol. The van der Waals surface area contributed by atoms with Crippen LogP contribution in [0.15, 0.2) is 53.4 Å². The second-order valence-electron chi connectivity index (χ2n) is 5.70. The summed E-state index contributed by atoms with van der Waals surface area (Å²) in [6.07, 6.45) is 1.66. The molecule has 0 spiro atoms. The molecule has 0 aliphatic carbocycles. The molecule has 2 aromatic carbocycles. The van der Waals surface area contributed by atoms with Crippen molar-refractivity contribution in [3.63, 3.8) is 0 Å². The zero-order valence-corrected chi connectivity index (χ0v) is 14.3. The monoisotopic (exact) mass is 344 g/mol. The molecule has 24 heavy (non-hydrogen) atoms. The largest absolute Gasteiger partial charge is 0.352 e. The molecule has 6 heteroatoms. The minimum Gasteiger partial charge on any atom is -0.352 e. The summed E-state index contributed by atoms with van der Waals surface area (Å²) >= 11 is 0. The predicted octanol–water partition coefficient (Wildman–Crippen LogP) is 2.58. The summed E-state index contributed by atoms with van der Waals surface area (Å²) in [5.74, 6) is -0.270. The van der Waals surface area contributed by atoms with Crippen LogP contribution in [0, 0.1) is 0 Å². The molecular formula is C18H20N2O3S. The van der Waals surface area contributed by atoms with Gasteiger partial charge in [0.05, 0.1) is 10.6 Å². The van der Waals surface area contributed by atoms with E-state index < -0.39 is 10.0 Å². The number of carbonyl (C=O) groups excluding carboxylic acids is 1. The van der Waals surface area contributed by atoms with E-state index in [0.29, 0.717) is 18.7 Å². The first-order valence-corrected chi connectivity index (χ1v) is 9.47. The number of hydrogen-bond donors (Lipinski definition) is 1. The first-order chi connectivity index (χ1) is 11.5. The van der Waals surface area contributed by atoms with Crippen LogP contribution in [-0.2, 0) is 16.4 Å². The molecule has 0 saturated heterocycles. The number of anilines is 1. The van der Waals surface area contributed by atoms with Crippen molar-refractivity contribution in [2.24, 2.45) is 0 Å². The lowest BCUT2D eigenvalue weighted by atomic mass is 10.0. The Labute approximate surface area is 142 Å². The molecule has 1 heterocycles. The number of amides is 1. The molecule has 0 bridgehead atoms. The summed E-state index contributed by atoms with van der Waals surface area (Å²) < 4.78 is 27.6. The molecule has 5 nitrogen and oxygen atoms in total. The Morgan fingerprint density at radius 2 is 1.96 bits per heavy atom. The van der Waals surface area contributed by atoms with Crippen LogP contribution in [0.5, 0.6) is 0 Å². The summed E-state index contributed by atoms with van der Waals surface area (Å²) in [6, 6.07) is 13.8. The molecule has 1 aliphatic rings. The minimum absolute atomic E-state index is 0.142. The van der Waals surface area contributed by atoms with Crippen molar-refractivity contribution < 1.29 is 13.2 Å². The number of sulfonamides is 1. The van der Waals surface area contributed by atoms with E-state index in [-0.39, 0.29) is 10.8 Å². The zero-order valence-electron chi connectivity index (χ0n) is 13.5. The first-order valence-electron chi connectivity index (χ1n) is 8.03. The maximum Gasteiger partial charge on any atom is 0.264 e.